The Morgan fingerprint density at radius 2 is 1.97 bits per heavy atom. The Morgan fingerprint density at radius 1 is 1.03 bits per heavy atom. The molecule has 0 aliphatic carbocycles. The smallest absolute Gasteiger partial charge is 0.139 e. The number of pyridine rings is 1. The monoisotopic (exact) mass is 429 g/mol. The van der Waals surface area contributed by atoms with Gasteiger partial charge in [-0.2, -0.15) is 0 Å². The fraction of sp³-hybridized carbons (Fsp3) is 0.370. The van der Waals surface area contributed by atoms with Crippen molar-refractivity contribution in [3.05, 3.63) is 89.2 Å². The summed E-state index contributed by atoms with van der Waals surface area (Å²) in [6.07, 6.45) is 7.19. The zero-order chi connectivity index (χ0) is 21.6. The van der Waals surface area contributed by atoms with Crippen molar-refractivity contribution in [3.63, 3.8) is 0 Å². The van der Waals surface area contributed by atoms with Crippen LogP contribution in [0, 0.1) is 0 Å². The fourth-order valence-corrected chi connectivity index (χ4v) is 4.65. The van der Waals surface area contributed by atoms with Crippen LogP contribution < -0.4 is 15.0 Å². The van der Waals surface area contributed by atoms with Crippen molar-refractivity contribution in [2.75, 3.05) is 24.6 Å². The summed E-state index contributed by atoms with van der Waals surface area (Å²) in [5.41, 5.74) is 6.44. The number of hydrogen-bond acceptors (Lipinski definition) is 5. The molecule has 5 nitrogen and oxygen atoms in total. The molecule has 1 saturated heterocycles. The number of ether oxygens (including phenoxy) is 2. The molecule has 3 aromatic rings. The number of aromatic nitrogens is 1. The fourth-order valence-electron chi connectivity index (χ4n) is 4.65. The van der Waals surface area contributed by atoms with Crippen molar-refractivity contribution in [1.82, 2.24) is 10.3 Å². The third-order valence-corrected chi connectivity index (χ3v) is 6.41. The molecule has 0 saturated carbocycles. The van der Waals surface area contributed by atoms with Crippen LogP contribution in [0.25, 0.3) is 0 Å². The van der Waals surface area contributed by atoms with Gasteiger partial charge in [0.2, 0.25) is 0 Å². The van der Waals surface area contributed by atoms with Gasteiger partial charge >= 0.3 is 0 Å². The Labute approximate surface area is 190 Å². The van der Waals surface area contributed by atoms with Crippen LogP contribution in [0.3, 0.4) is 0 Å². The van der Waals surface area contributed by atoms with Crippen molar-refractivity contribution in [2.24, 2.45) is 0 Å². The summed E-state index contributed by atoms with van der Waals surface area (Å²) in [5, 5.41) is 3.48. The standard InChI is InChI=1S/C27H31N3O2/c1-2-6-21(7-3-1)18-31-19-23-9-4-8-22-17-30(13-11-27(22)23)25-14-26(16-28-15-25)32-20-24-10-5-12-29-24/h1-4,6-9,14-16,24,29H,5,10-13,17-20H2. The van der Waals surface area contributed by atoms with Gasteiger partial charge in [-0.05, 0) is 48.1 Å². The van der Waals surface area contributed by atoms with Crippen molar-refractivity contribution in [1.29, 1.82) is 0 Å². The van der Waals surface area contributed by atoms with Crippen LogP contribution in [0.1, 0.15) is 35.1 Å². The molecule has 3 heterocycles. The summed E-state index contributed by atoms with van der Waals surface area (Å²) in [6.45, 7) is 4.96. The van der Waals surface area contributed by atoms with E-state index in [2.05, 4.69) is 63.7 Å². The molecule has 1 atom stereocenters. The third-order valence-electron chi connectivity index (χ3n) is 6.41. The molecule has 1 fully saturated rings. The molecule has 0 radical (unpaired) electrons. The molecule has 5 rings (SSSR count). The van der Waals surface area contributed by atoms with Gasteiger partial charge in [0.1, 0.15) is 12.4 Å². The highest BCUT2D eigenvalue weighted by Gasteiger charge is 2.20. The van der Waals surface area contributed by atoms with Gasteiger partial charge in [-0.15, -0.1) is 0 Å². The summed E-state index contributed by atoms with van der Waals surface area (Å²) >= 11 is 0. The van der Waals surface area contributed by atoms with Crippen LogP contribution >= 0.6 is 0 Å². The van der Waals surface area contributed by atoms with E-state index in [1.807, 2.05) is 18.5 Å². The van der Waals surface area contributed by atoms with Crippen molar-refractivity contribution in [3.8, 4) is 5.75 Å². The normalized spacial score (nSPS) is 17.9. The average Bonchev–Trinajstić information content (AvgIpc) is 3.37. The first-order valence-corrected chi connectivity index (χ1v) is 11.6. The van der Waals surface area contributed by atoms with Gasteiger partial charge in [0.25, 0.3) is 0 Å². The summed E-state index contributed by atoms with van der Waals surface area (Å²) in [5.74, 6) is 0.852. The van der Waals surface area contributed by atoms with E-state index >= 15 is 0 Å². The van der Waals surface area contributed by atoms with Gasteiger partial charge in [-0.25, -0.2) is 0 Å². The van der Waals surface area contributed by atoms with E-state index in [0.29, 0.717) is 25.9 Å². The van der Waals surface area contributed by atoms with Crippen LogP contribution in [-0.2, 0) is 30.9 Å². The minimum Gasteiger partial charge on any atom is -0.490 e. The summed E-state index contributed by atoms with van der Waals surface area (Å²) < 4.78 is 12.0. The maximum absolute atomic E-state index is 6.02. The summed E-state index contributed by atoms with van der Waals surface area (Å²) in [6, 6.07) is 19.5. The molecule has 0 spiro atoms. The lowest BCUT2D eigenvalue weighted by Gasteiger charge is -2.32. The molecule has 5 heteroatoms. The van der Waals surface area contributed by atoms with E-state index in [1.165, 1.54) is 35.1 Å². The van der Waals surface area contributed by atoms with Crippen molar-refractivity contribution in [2.45, 2.75) is 45.1 Å². The van der Waals surface area contributed by atoms with E-state index in [-0.39, 0.29) is 0 Å². The number of anilines is 1. The quantitative estimate of drug-likeness (QED) is 0.572. The molecule has 0 bridgehead atoms. The summed E-state index contributed by atoms with van der Waals surface area (Å²) in [4.78, 5) is 6.83. The first kappa shape index (κ1) is 21.0. The predicted molar refractivity (Wildman–Crippen MR) is 127 cm³/mol. The molecule has 1 N–H and O–H groups in total. The van der Waals surface area contributed by atoms with E-state index in [0.717, 1.165) is 37.5 Å². The Morgan fingerprint density at radius 3 is 2.84 bits per heavy atom. The highest BCUT2D eigenvalue weighted by atomic mass is 16.5. The molecule has 32 heavy (non-hydrogen) atoms. The number of hydrogen-bond donors (Lipinski definition) is 1. The minimum absolute atomic E-state index is 0.461. The average molecular weight is 430 g/mol. The lowest BCUT2D eigenvalue weighted by atomic mass is 9.94. The van der Waals surface area contributed by atoms with Gasteiger partial charge in [0.05, 0.1) is 31.3 Å². The number of nitrogens with zero attached hydrogens (tertiary/aromatic N) is 2. The highest BCUT2D eigenvalue weighted by molar-refractivity contribution is 5.52. The van der Waals surface area contributed by atoms with E-state index in [4.69, 9.17) is 9.47 Å². The molecular weight excluding hydrogens is 398 g/mol. The number of rotatable bonds is 8. The molecule has 2 aliphatic heterocycles. The zero-order valence-corrected chi connectivity index (χ0v) is 18.5. The maximum Gasteiger partial charge on any atom is 0.139 e. The Hall–Kier alpha value is -2.89. The van der Waals surface area contributed by atoms with Crippen LogP contribution in [0.4, 0.5) is 5.69 Å². The van der Waals surface area contributed by atoms with Crippen LogP contribution in [0.2, 0.25) is 0 Å². The molecular formula is C27H31N3O2. The van der Waals surface area contributed by atoms with Gasteiger partial charge in [0.15, 0.2) is 0 Å². The minimum atomic E-state index is 0.461. The maximum atomic E-state index is 6.02. The Bertz CT molecular complexity index is 1020. The van der Waals surface area contributed by atoms with Crippen LogP contribution in [0.15, 0.2) is 67.0 Å². The van der Waals surface area contributed by atoms with Crippen molar-refractivity contribution < 1.29 is 9.47 Å². The SMILES string of the molecule is c1ccc(COCc2cccc3c2CCN(c2cncc(OCC4CCCN4)c2)C3)cc1. The topological polar surface area (TPSA) is 46.6 Å². The lowest BCUT2D eigenvalue weighted by Crippen LogP contribution is -2.31. The second kappa shape index (κ2) is 10.2. The van der Waals surface area contributed by atoms with E-state index < -0.39 is 0 Å². The first-order valence-electron chi connectivity index (χ1n) is 11.6. The second-order valence-electron chi connectivity index (χ2n) is 8.69. The van der Waals surface area contributed by atoms with E-state index in [9.17, 15) is 0 Å². The second-order valence-corrected chi connectivity index (χ2v) is 8.69. The van der Waals surface area contributed by atoms with E-state index in [1.54, 1.807) is 0 Å². The third kappa shape index (κ3) is 5.12. The summed E-state index contributed by atoms with van der Waals surface area (Å²) in [7, 11) is 0. The van der Waals surface area contributed by atoms with Gasteiger partial charge in [-0.3, -0.25) is 4.98 Å². The number of fused-ring (bicyclic) bond motifs is 1. The largest absolute Gasteiger partial charge is 0.490 e. The van der Waals surface area contributed by atoms with Gasteiger partial charge in [-0.1, -0.05) is 48.5 Å². The molecule has 2 aromatic carbocycles. The molecule has 1 unspecified atom stereocenters. The van der Waals surface area contributed by atoms with Crippen LogP contribution in [0.5, 0.6) is 5.75 Å². The van der Waals surface area contributed by atoms with Crippen LogP contribution in [-0.4, -0.2) is 30.7 Å². The highest BCUT2D eigenvalue weighted by Crippen LogP contribution is 2.28. The molecule has 1 aromatic heterocycles. The van der Waals surface area contributed by atoms with Gasteiger partial charge in [0, 0.05) is 25.2 Å². The Balaban J connectivity index is 1.21. The lowest BCUT2D eigenvalue weighted by molar-refractivity contribution is 0.106. The predicted octanol–water partition coefficient (Wildman–Crippen LogP) is 4.49. The number of nitrogens with one attached hydrogen (secondary N) is 1. The molecule has 166 valence electrons. The number of benzene rings is 2. The molecule has 0 amide bonds. The molecule has 2 aliphatic rings. The van der Waals surface area contributed by atoms with Gasteiger partial charge < -0.3 is 19.7 Å². The van der Waals surface area contributed by atoms with Crippen molar-refractivity contribution >= 4 is 5.69 Å². The Kier molecular flexibility index (Phi) is 6.66. The zero-order valence-electron chi connectivity index (χ0n) is 18.5. The first-order chi connectivity index (χ1) is 15.8.